The first kappa shape index (κ1) is 21.1. The molecule has 0 aromatic heterocycles. The minimum Gasteiger partial charge on any atom is -0.463 e. The van der Waals surface area contributed by atoms with Crippen LogP contribution in [0, 0.1) is 12.3 Å². The molecule has 25 heavy (non-hydrogen) atoms. The fraction of sp³-hybridized carbons (Fsp3) is 0.647. The van der Waals surface area contributed by atoms with Gasteiger partial charge in [0.25, 0.3) is 0 Å². The average molecular weight is 356 g/mol. The van der Waals surface area contributed by atoms with Crippen LogP contribution in [-0.4, -0.2) is 63.2 Å². The number of carbonyl (C=O) groups is 2. The topological polar surface area (TPSA) is 89.5 Å². The highest BCUT2D eigenvalue weighted by atomic mass is 16.8. The second-order valence-corrected chi connectivity index (χ2v) is 5.42. The molecule has 1 saturated heterocycles. The van der Waals surface area contributed by atoms with E-state index in [0.717, 1.165) is 0 Å². The van der Waals surface area contributed by atoms with Crippen LogP contribution in [0.15, 0.2) is 12.7 Å². The molecule has 1 rings (SSSR count). The molecule has 0 aromatic rings. The largest absolute Gasteiger partial charge is 0.463 e. The molecule has 0 N–H and O–H groups in total. The van der Waals surface area contributed by atoms with E-state index in [1.807, 2.05) is 0 Å². The maximum Gasteiger partial charge on any atom is 0.339 e. The van der Waals surface area contributed by atoms with E-state index >= 15 is 0 Å². The monoisotopic (exact) mass is 356 g/mol. The zero-order valence-electron chi connectivity index (χ0n) is 14.9. The third-order valence-electron chi connectivity index (χ3n) is 3.88. The molecule has 0 radical (unpaired) electrons. The van der Waals surface area contributed by atoms with Gasteiger partial charge in [-0.05, 0) is 13.8 Å². The highest BCUT2D eigenvalue weighted by Gasteiger charge is 2.60. The van der Waals surface area contributed by atoms with Crippen molar-refractivity contribution in [3.05, 3.63) is 12.7 Å². The van der Waals surface area contributed by atoms with E-state index in [2.05, 4.69) is 12.5 Å². The Kier molecular flexibility index (Phi) is 7.58. The number of rotatable bonds is 8. The number of esters is 2. The third kappa shape index (κ3) is 4.58. The Morgan fingerprint density at radius 3 is 2.00 bits per heavy atom. The van der Waals surface area contributed by atoms with Crippen LogP contribution in [0.3, 0.4) is 0 Å². The predicted molar refractivity (Wildman–Crippen MR) is 86.1 cm³/mol. The van der Waals surface area contributed by atoms with Crippen molar-refractivity contribution in [3.63, 3.8) is 0 Å². The summed E-state index contributed by atoms with van der Waals surface area (Å²) in [6.07, 6.45) is 3.91. The molecule has 1 heterocycles. The van der Waals surface area contributed by atoms with Crippen molar-refractivity contribution in [2.45, 2.75) is 44.1 Å². The number of methoxy groups -OCH3 is 2. The normalized spacial score (nSPS) is 31.6. The standard InChI is InChI=1S/C17H24O8/c1-7-9-11-23-15(19)13-12(14(18)22-10-8-2)24-16(3,20-5)17(4,21-6)25-13/h1,8,12-13H,2,9-11H2,3-6H3/t12-,13-,16-,17-/m1/s1. The molecule has 1 aliphatic heterocycles. The molecule has 8 nitrogen and oxygen atoms in total. The van der Waals surface area contributed by atoms with Gasteiger partial charge in [-0.15, -0.1) is 12.3 Å². The molecule has 0 amide bonds. The molecule has 1 fully saturated rings. The number of carbonyl (C=O) groups excluding carboxylic acids is 2. The molecule has 0 aromatic carbocycles. The quantitative estimate of drug-likeness (QED) is 0.273. The lowest BCUT2D eigenvalue weighted by Gasteiger charge is -2.50. The first-order chi connectivity index (χ1) is 11.8. The van der Waals surface area contributed by atoms with E-state index in [0.29, 0.717) is 0 Å². The second kappa shape index (κ2) is 8.97. The molecule has 1 aliphatic rings. The van der Waals surface area contributed by atoms with Crippen LogP contribution < -0.4 is 0 Å². The van der Waals surface area contributed by atoms with Gasteiger partial charge in [-0.25, -0.2) is 9.59 Å². The summed E-state index contributed by atoms with van der Waals surface area (Å²) >= 11 is 0. The lowest BCUT2D eigenvalue weighted by atomic mass is 10.0. The summed E-state index contributed by atoms with van der Waals surface area (Å²) in [5.41, 5.74) is 0. The van der Waals surface area contributed by atoms with Gasteiger partial charge in [-0.3, -0.25) is 0 Å². The van der Waals surface area contributed by atoms with Gasteiger partial charge in [0.2, 0.25) is 11.6 Å². The number of terminal acetylenes is 1. The summed E-state index contributed by atoms with van der Waals surface area (Å²) in [5, 5.41) is 0. The van der Waals surface area contributed by atoms with Gasteiger partial charge in [-0.1, -0.05) is 12.7 Å². The smallest absolute Gasteiger partial charge is 0.339 e. The zero-order valence-corrected chi connectivity index (χ0v) is 14.9. The lowest BCUT2D eigenvalue weighted by Crippen LogP contribution is -2.68. The molecule has 0 aliphatic carbocycles. The van der Waals surface area contributed by atoms with Gasteiger partial charge < -0.3 is 28.4 Å². The first-order valence-corrected chi connectivity index (χ1v) is 7.62. The third-order valence-corrected chi connectivity index (χ3v) is 3.88. The van der Waals surface area contributed by atoms with Crippen molar-refractivity contribution in [1.82, 2.24) is 0 Å². The van der Waals surface area contributed by atoms with Crippen LogP contribution in [0.25, 0.3) is 0 Å². The van der Waals surface area contributed by atoms with E-state index in [1.165, 1.54) is 34.1 Å². The van der Waals surface area contributed by atoms with E-state index in [-0.39, 0.29) is 19.6 Å². The Morgan fingerprint density at radius 2 is 1.60 bits per heavy atom. The molecule has 0 spiro atoms. The van der Waals surface area contributed by atoms with Crippen LogP contribution in [0.4, 0.5) is 0 Å². The van der Waals surface area contributed by atoms with Crippen LogP contribution in [0.5, 0.6) is 0 Å². The summed E-state index contributed by atoms with van der Waals surface area (Å²) < 4.78 is 32.1. The van der Waals surface area contributed by atoms with Crippen LogP contribution in [-0.2, 0) is 38.0 Å². The van der Waals surface area contributed by atoms with Crippen LogP contribution in [0.2, 0.25) is 0 Å². The SMILES string of the molecule is C#CCCOC(=O)[C@@H]1O[C@@](C)(OC)[C@](C)(OC)O[C@H]1C(=O)OCC=C. The van der Waals surface area contributed by atoms with E-state index < -0.39 is 35.7 Å². The fourth-order valence-electron chi connectivity index (χ4n) is 2.15. The Bertz CT molecular complexity index is 539. The van der Waals surface area contributed by atoms with Crippen molar-refractivity contribution in [2.75, 3.05) is 27.4 Å². The molecule has 8 heteroatoms. The van der Waals surface area contributed by atoms with E-state index in [9.17, 15) is 9.59 Å². The van der Waals surface area contributed by atoms with Crippen molar-refractivity contribution in [2.24, 2.45) is 0 Å². The van der Waals surface area contributed by atoms with Gasteiger partial charge in [-0.2, -0.15) is 0 Å². The Balaban J connectivity index is 3.09. The second-order valence-electron chi connectivity index (χ2n) is 5.42. The van der Waals surface area contributed by atoms with Crippen molar-refractivity contribution < 1.29 is 38.0 Å². The summed E-state index contributed by atoms with van der Waals surface area (Å²) in [6.45, 7) is 6.42. The average Bonchev–Trinajstić information content (AvgIpc) is 2.61. The molecule has 4 atom stereocenters. The lowest BCUT2D eigenvalue weighted by molar-refractivity contribution is -0.439. The maximum atomic E-state index is 12.3. The summed E-state index contributed by atoms with van der Waals surface area (Å²) in [7, 11) is 2.72. The highest BCUT2D eigenvalue weighted by molar-refractivity contribution is 5.86. The molecular formula is C17H24O8. The maximum absolute atomic E-state index is 12.3. The summed E-state index contributed by atoms with van der Waals surface area (Å²) in [5.74, 6) is -2.26. The Labute approximate surface area is 147 Å². The van der Waals surface area contributed by atoms with Crippen molar-refractivity contribution >= 4 is 11.9 Å². The Morgan fingerprint density at radius 1 is 1.12 bits per heavy atom. The fourth-order valence-corrected chi connectivity index (χ4v) is 2.15. The van der Waals surface area contributed by atoms with E-state index in [1.54, 1.807) is 0 Å². The van der Waals surface area contributed by atoms with Gasteiger partial charge in [0.1, 0.15) is 13.2 Å². The van der Waals surface area contributed by atoms with Gasteiger partial charge in [0.15, 0.2) is 12.2 Å². The Hall–Kier alpha value is -1.92. The minimum absolute atomic E-state index is 0.0190. The molecular weight excluding hydrogens is 332 g/mol. The number of hydrogen-bond donors (Lipinski definition) is 0. The van der Waals surface area contributed by atoms with Crippen LogP contribution in [0.1, 0.15) is 20.3 Å². The van der Waals surface area contributed by atoms with Crippen molar-refractivity contribution in [3.8, 4) is 12.3 Å². The molecule has 0 saturated carbocycles. The first-order valence-electron chi connectivity index (χ1n) is 7.62. The minimum atomic E-state index is -1.48. The van der Waals surface area contributed by atoms with E-state index in [4.69, 9.17) is 34.8 Å². The summed E-state index contributed by atoms with van der Waals surface area (Å²) in [6, 6.07) is 0. The highest BCUT2D eigenvalue weighted by Crippen LogP contribution is 2.39. The number of ether oxygens (including phenoxy) is 6. The van der Waals surface area contributed by atoms with Gasteiger partial charge in [0, 0.05) is 20.6 Å². The van der Waals surface area contributed by atoms with Crippen molar-refractivity contribution in [1.29, 1.82) is 0 Å². The molecule has 0 bridgehead atoms. The number of hydrogen-bond acceptors (Lipinski definition) is 8. The van der Waals surface area contributed by atoms with Crippen LogP contribution >= 0.6 is 0 Å². The molecule has 0 unspecified atom stereocenters. The van der Waals surface area contributed by atoms with Gasteiger partial charge >= 0.3 is 11.9 Å². The van der Waals surface area contributed by atoms with Gasteiger partial charge in [0.05, 0.1) is 0 Å². The summed E-state index contributed by atoms with van der Waals surface area (Å²) in [4.78, 5) is 24.6. The zero-order chi connectivity index (χ0) is 19.1. The predicted octanol–water partition coefficient (Wildman–Crippen LogP) is 0.791. The molecule has 140 valence electrons.